The van der Waals surface area contributed by atoms with E-state index in [0.717, 1.165) is 17.3 Å². The molecule has 15 heavy (non-hydrogen) atoms. The fourth-order valence-corrected chi connectivity index (χ4v) is 1.36. The first kappa shape index (κ1) is 12.0. The van der Waals surface area contributed by atoms with Gasteiger partial charge in [-0.3, -0.25) is 4.79 Å². The Morgan fingerprint density at radius 1 is 1.40 bits per heavy atom. The van der Waals surface area contributed by atoms with Gasteiger partial charge in [-0.2, -0.15) is 0 Å². The smallest absolute Gasteiger partial charge is 0.308 e. The van der Waals surface area contributed by atoms with Crippen molar-refractivity contribution < 1.29 is 9.53 Å². The van der Waals surface area contributed by atoms with Gasteiger partial charge in [-0.1, -0.05) is 40.2 Å². The highest BCUT2D eigenvalue weighted by Gasteiger charge is 1.96. The molecule has 0 N–H and O–H groups in total. The second kappa shape index (κ2) is 6.40. The third kappa shape index (κ3) is 4.79. The summed E-state index contributed by atoms with van der Waals surface area (Å²) in [5.41, 5.74) is 1.10. The second-order valence-electron chi connectivity index (χ2n) is 3.04. The van der Waals surface area contributed by atoms with Gasteiger partial charge in [-0.05, 0) is 24.1 Å². The van der Waals surface area contributed by atoms with Gasteiger partial charge in [0.2, 0.25) is 0 Å². The lowest BCUT2D eigenvalue weighted by Crippen LogP contribution is -2.00. The molecule has 0 aliphatic rings. The number of esters is 1. The first-order valence-corrected chi connectivity index (χ1v) is 5.85. The molecule has 3 heteroatoms. The summed E-state index contributed by atoms with van der Waals surface area (Å²) in [6.07, 6.45) is 5.14. The van der Waals surface area contributed by atoms with Crippen LogP contribution in [0.2, 0.25) is 0 Å². The molecule has 1 aromatic rings. The first-order valence-electron chi connectivity index (χ1n) is 4.73. The van der Waals surface area contributed by atoms with Crippen LogP contribution in [0.3, 0.4) is 0 Å². The Morgan fingerprint density at radius 3 is 2.60 bits per heavy atom. The first-order chi connectivity index (χ1) is 7.22. The summed E-state index contributed by atoms with van der Waals surface area (Å²) >= 11 is 3.35. The summed E-state index contributed by atoms with van der Waals surface area (Å²) in [6, 6.07) is 7.41. The Balaban J connectivity index is 2.60. The lowest BCUT2D eigenvalue weighted by Gasteiger charge is -2.00. The number of benzene rings is 1. The zero-order valence-electron chi connectivity index (χ0n) is 8.57. The maximum Gasteiger partial charge on any atom is 0.308 e. The minimum absolute atomic E-state index is 0.294. The number of hydrogen-bond acceptors (Lipinski definition) is 2. The van der Waals surface area contributed by atoms with E-state index in [1.807, 2.05) is 18.2 Å². The Labute approximate surface area is 98.1 Å². The van der Waals surface area contributed by atoms with Gasteiger partial charge in [-0.25, -0.2) is 0 Å². The molecule has 0 saturated heterocycles. The van der Waals surface area contributed by atoms with Crippen LogP contribution in [-0.4, -0.2) is 11.3 Å². The van der Waals surface area contributed by atoms with Gasteiger partial charge in [0.15, 0.2) is 0 Å². The predicted molar refractivity (Wildman–Crippen MR) is 65.2 cm³/mol. The molecule has 0 heterocycles. The summed E-state index contributed by atoms with van der Waals surface area (Å²) in [4.78, 5) is 10.7. The van der Waals surface area contributed by atoms with Crippen molar-refractivity contribution in [3.8, 4) is 5.75 Å². The number of rotatable bonds is 4. The van der Waals surface area contributed by atoms with Crippen LogP contribution in [0.25, 0.3) is 6.08 Å². The van der Waals surface area contributed by atoms with E-state index in [1.54, 1.807) is 12.1 Å². The van der Waals surface area contributed by atoms with Gasteiger partial charge in [0.05, 0.1) is 0 Å². The number of ether oxygens (including phenoxy) is 1. The van der Waals surface area contributed by atoms with Crippen LogP contribution in [0, 0.1) is 0 Å². The SMILES string of the molecule is CC(=O)Oc1ccc(C=CCCBr)cc1. The van der Waals surface area contributed by atoms with Gasteiger partial charge in [-0.15, -0.1) is 0 Å². The topological polar surface area (TPSA) is 26.3 Å². The van der Waals surface area contributed by atoms with Crippen molar-refractivity contribution in [2.75, 3.05) is 5.33 Å². The van der Waals surface area contributed by atoms with E-state index in [0.29, 0.717) is 5.75 Å². The summed E-state index contributed by atoms with van der Waals surface area (Å²) in [7, 11) is 0. The lowest BCUT2D eigenvalue weighted by molar-refractivity contribution is -0.131. The van der Waals surface area contributed by atoms with E-state index >= 15 is 0 Å². The van der Waals surface area contributed by atoms with Crippen molar-refractivity contribution >= 4 is 28.0 Å². The average Bonchev–Trinajstić information content (AvgIpc) is 2.20. The molecule has 2 nitrogen and oxygen atoms in total. The molecule has 0 bridgehead atoms. The highest BCUT2D eigenvalue weighted by molar-refractivity contribution is 9.09. The van der Waals surface area contributed by atoms with Crippen LogP contribution in [0.5, 0.6) is 5.75 Å². The van der Waals surface area contributed by atoms with Gasteiger partial charge < -0.3 is 4.74 Å². The zero-order valence-corrected chi connectivity index (χ0v) is 10.2. The Kier molecular flexibility index (Phi) is 5.12. The lowest BCUT2D eigenvalue weighted by atomic mass is 10.2. The van der Waals surface area contributed by atoms with Gasteiger partial charge in [0.1, 0.15) is 5.75 Å². The van der Waals surface area contributed by atoms with Crippen LogP contribution in [0.4, 0.5) is 0 Å². The molecule has 0 aliphatic heterocycles. The average molecular weight is 269 g/mol. The fourth-order valence-electron chi connectivity index (χ4n) is 1.10. The van der Waals surface area contributed by atoms with E-state index in [-0.39, 0.29) is 5.97 Å². The standard InChI is InChI=1S/C12H13BrO2/c1-10(14)15-12-7-5-11(6-8-12)4-2-3-9-13/h2,4-8H,3,9H2,1H3. The maximum absolute atomic E-state index is 10.7. The summed E-state index contributed by atoms with van der Waals surface area (Å²) in [6.45, 7) is 1.39. The number of carbonyl (C=O) groups is 1. The van der Waals surface area contributed by atoms with Crippen molar-refractivity contribution in [2.24, 2.45) is 0 Å². The Bertz CT molecular complexity index is 341. The third-order valence-corrected chi connectivity index (χ3v) is 2.19. The molecule has 0 aromatic heterocycles. The van der Waals surface area contributed by atoms with Crippen molar-refractivity contribution in [3.63, 3.8) is 0 Å². The molecular weight excluding hydrogens is 256 g/mol. The molecule has 80 valence electrons. The van der Waals surface area contributed by atoms with Crippen molar-refractivity contribution in [1.29, 1.82) is 0 Å². The number of alkyl halides is 1. The quantitative estimate of drug-likeness (QED) is 0.475. The normalized spacial score (nSPS) is 10.5. The fraction of sp³-hybridized carbons (Fsp3) is 0.250. The van der Waals surface area contributed by atoms with Crippen LogP contribution in [0.15, 0.2) is 30.3 Å². The minimum Gasteiger partial charge on any atom is -0.427 e. The van der Waals surface area contributed by atoms with Crippen LogP contribution >= 0.6 is 15.9 Å². The second-order valence-corrected chi connectivity index (χ2v) is 3.84. The Hall–Kier alpha value is -1.09. The molecule has 0 saturated carbocycles. The predicted octanol–water partition coefficient (Wildman–Crippen LogP) is 3.41. The monoisotopic (exact) mass is 268 g/mol. The number of halogens is 1. The van der Waals surface area contributed by atoms with E-state index in [9.17, 15) is 4.79 Å². The molecule has 0 atom stereocenters. The Morgan fingerprint density at radius 2 is 2.07 bits per heavy atom. The molecular formula is C12H13BrO2. The van der Waals surface area contributed by atoms with E-state index in [2.05, 4.69) is 22.0 Å². The molecule has 0 unspecified atom stereocenters. The summed E-state index contributed by atoms with van der Waals surface area (Å²) in [5.74, 6) is 0.290. The summed E-state index contributed by atoms with van der Waals surface area (Å²) < 4.78 is 4.92. The minimum atomic E-state index is -0.294. The van der Waals surface area contributed by atoms with Crippen molar-refractivity contribution in [1.82, 2.24) is 0 Å². The van der Waals surface area contributed by atoms with Crippen molar-refractivity contribution in [2.45, 2.75) is 13.3 Å². The highest BCUT2D eigenvalue weighted by Crippen LogP contribution is 2.13. The molecule has 0 radical (unpaired) electrons. The van der Waals surface area contributed by atoms with Gasteiger partial charge >= 0.3 is 5.97 Å². The molecule has 0 fully saturated rings. The van der Waals surface area contributed by atoms with Crippen molar-refractivity contribution in [3.05, 3.63) is 35.9 Å². The number of allylic oxidation sites excluding steroid dienone is 1. The van der Waals surface area contributed by atoms with E-state index in [4.69, 9.17) is 4.74 Å². The van der Waals surface area contributed by atoms with E-state index < -0.39 is 0 Å². The molecule has 0 amide bonds. The molecule has 1 rings (SSSR count). The zero-order chi connectivity index (χ0) is 11.1. The molecule has 0 aliphatic carbocycles. The van der Waals surface area contributed by atoms with Gasteiger partial charge in [0.25, 0.3) is 0 Å². The van der Waals surface area contributed by atoms with Gasteiger partial charge in [0, 0.05) is 12.3 Å². The number of hydrogen-bond donors (Lipinski definition) is 0. The molecule has 0 spiro atoms. The summed E-state index contributed by atoms with van der Waals surface area (Å²) in [5, 5.41) is 0.967. The van der Waals surface area contributed by atoms with Crippen LogP contribution in [0.1, 0.15) is 18.9 Å². The number of carbonyl (C=O) groups excluding carboxylic acids is 1. The third-order valence-electron chi connectivity index (χ3n) is 1.73. The largest absolute Gasteiger partial charge is 0.427 e. The highest BCUT2D eigenvalue weighted by atomic mass is 79.9. The van der Waals surface area contributed by atoms with Crippen LogP contribution < -0.4 is 4.74 Å². The molecule has 1 aromatic carbocycles. The van der Waals surface area contributed by atoms with E-state index in [1.165, 1.54) is 6.92 Å². The maximum atomic E-state index is 10.7. The van der Waals surface area contributed by atoms with Crippen LogP contribution in [-0.2, 0) is 4.79 Å².